The van der Waals surface area contributed by atoms with Crippen LogP contribution in [-0.4, -0.2) is 31.2 Å². The Hall–Kier alpha value is -2.74. The molecule has 1 aromatic carbocycles. The van der Waals surface area contributed by atoms with Gasteiger partial charge in [-0.1, -0.05) is 19.4 Å². The number of aliphatic hydroxyl groups is 1. The third-order valence-electron chi connectivity index (χ3n) is 3.83. The Morgan fingerprint density at radius 3 is 2.92 bits per heavy atom. The standard InChI is InChI=1S/C17H20FN5O2/c1-2-3-6-25-17-21-15(19)14-16(22-17)23(10-20-14)8-11-4-5-13(18)12(7-11)9-24/h4-5,7,10,24H,2-3,6,8-9H2,1H3,(H2,19,21,22). The van der Waals surface area contributed by atoms with E-state index in [9.17, 15) is 9.50 Å². The summed E-state index contributed by atoms with van der Waals surface area (Å²) in [5.74, 6) is -0.176. The summed E-state index contributed by atoms with van der Waals surface area (Å²) in [6, 6.07) is 4.83. The number of hydrogen-bond acceptors (Lipinski definition) is 6. The van der Waals surface area contributed by atoms with E-state index in [1.54, 1.807) is 23.0 Å². The summed E-state index contributed by atoms with van der Waals surface area (Å²) < 4.78 is 20.8. The van der Waals surface area contributed by atoms with Crippen molar-refractivity contribution in [3.05, 3.63) is 41.5 Å². The number of unbranched alkanes of at least 4 members (excludes halogenated alkanes) is 1. The zero-order valence-electron chi connectivity index (χ0n) is 13.9. The lowest BCUT2D eigenvalue weighted by Crippen LogP contribution is -2.06. The Kier molecular flexibility index (Phi) is 5.08. The zero-order valence-corrected chi connectivity index (χ0v) is 13.9. The lowest BCUT2D eigenvalue weighted by atomic mass is 10.1. The Morgan fingerprint density at radius 1 is 1.32 bits per heavy atom. The van der Waals surface area contributed by atoms with Gasteiger partial charge in [-0.15, -0.1) is 0 Å². The lowest BCUT2D eigenvalue weighted by Gasteiger charge is -2.08. The van der Waals surface area contributed by atoms with Gasteiger partial charge in [0.2, 0.25) is 0 Å². The van der Waals surface area contributed by atoms with E-state index in [-0.39, 0.29) is 24.0 Å². The molecule has 0 amide bonds. The molecule has 3 N–H and O–H groups in total. The lowest BCUT2D eigenvalue weighted by molar-refractivity contribution is 0.275. The number of anilines is 1. The minimum absolute atomic E-state index is 0.218. The molecule has 0 spiro atoms. The van der Waals surface area contributed by atoms with Gasteiger partial charge in [-0.25, -0.2) is 9.37 Å². The highest BCUT2D eigenvalue weighted by molar-refractivity contribution is 5.81. The minimum Gasteiger partial charge on any atom is -0.463 e. The number of nitrogens with zero attached hydrogens (tertiary/aromatic N) is 4. The quantitative estimate of drug-likeness (QED) is 0.637. The number of hydrogen-bond donors (Lipinski definition) is 2. The molecule has 2 aromatic heterocycles. The van der Waals surface area contributed by atoms with Crippen molar-refractivity contribution in [3.8, 4) is 6.01 Å². The molecular formula is C17H20FN5O2. The molecule has 132 valence electrons. The normalized spacial score (nSPS) is 11.2. The van der Waals surface area contributed by atoms with Gasteiger partial charge in [-0.2, -0.15) is 9.97 Å². The van der Waals surface area contributed by atoms with Crippen LogP contribution in [0.4, 0.5) is 10.2 Å². The first-order valence-corrected chi connectivity index (χ1v) is 8.11. The van der Waals surface area contributed by atoms with Crippen LogP contribution in [0.15, 0.2) is 24.5 Å². The molecule has 0 aliphatic heterocycles. The van der Waals surface area contributed by atoms with Crippen LogP contribution < -0.4 is 10.5 Å². The second-order valence-corrected chi connectivity index (χ2v) is 5.72. The van der Waals surface area contributed by atoms with Gasteiger partial charge in [0.05, 0.1) is 26.1 Å². The molecule has 0 atom stereocenters. The second-order valence-electron chi connectivity index (χ2n) is 5.72. The first-order chi connectivity index (χ1) is 12.1. The van der Waals surface area contributed by atoms with E-state index < -0.39 is 5.82 Å². The number of nitrogen functional groups attached to an aromatic ring is 1. The summed E-state index contributed by atoms with van der Waals surface area (Å²) in [6.45, 7) is 2.65. The predicted molar refractivity (Wildman–Crippen MR) is 91.6 cm³/mol. The van der Waals surface area contributed by atoms with Crippen molar-refractivity contribution in [2.75, 3.05) is 12.3 Å². The average molecular weight is 345 g/mol. The maximum atomic E-state index is 13.5. The monoisotopic (exact) mass is 345 g/mol. The van der Waals surface area contributed by atoms with E-state index in [1.807, 2.05) is 0 Å². The number of aromatic nitrogens is 4. The first kappa shape index (κ1) is 17.1. The third kappa shape index (κ3) is 3.69. The smallest absolute Gasteiger partial charge is 0.320 e. The molecule has 0 bridgehead atoms. The summed E-state index contributed by atoms with van der Waals surface area (Å²) >= 11 is 0. The van der Waals surface area contributed by atoms with Crippen molar-refractivity contribution in [3.63, 3.8) is 0 Å². The number of ether oxygens (including phenoxy) is 1. The molecule has 0 unspecified atom stereocenters. The van der Waals surface area contributed by atoms with Crippen molar-refractivity contribution in [2.45, 2.75) is 32.9 Å². The van der Waals surface area contributed by atoms with Crippen LogP contribution in [-0.2, 0) is 13.2 Å². The van der Waals surface area contributed by atoms with Gasteiger partial charge in [-0.05, 0) is 24.1 Å². The SMILES string of the molecule is CCCCOc1nc(N)c2ncn(Cc3ccc(F)c(CO)c3)c2n1. The summed E-state index contributed by atoms with van der Waals surface area (Å²) in [5.41, 5.74) is 8.05. The van der Waals surface area contributed by atoms with Gasteiger partial charge < -0.3 is 20.1 Å². The zero-order chi connectivity index (χ0) is 17.8. The van der Waals surface area contributed by atoms with Crippen molar-refractivity contribution in [1.82, 2.24) is 19.5 Å². The Bertz CT molecular complexity index is 881. The fraction of sp³-hybridized carbons (Fsp3) is 0.353. The summed E-state index contributed by atoms with van der Waals surface area (Å²) in [7, 11) is 0. The van der Waals surface area contributed by atoms with Crippen molar-refractivity contribution in [2.24, 2.45) is 0 Å². The van der Waals surface area contributed by atoms with E-state index in [1.165, 1.54) is 6.07 Å². The summed E-state index contributed by atoms with van der Waals surface area (Å²) in [5, 5.41) is 9.20. The predicted octanol–water partition coefficient (Wildman–Crippen LogP) is 2.27. The molecule has 0 radical (unpaired) electrons. The Labute approximate surface area is 144 Å². The maximum Gasteiger partial charge on any atom is 0.320 e. The molecule has 8 heteroatoms. The second kappa shape index (κ2) is 7.43. The van der Waals surface area contributed by atoms with Crippen LogP contribution in [0.3, 0.4) is 0 Å². The Balaban J connectivity index is 1.91. The number of aliphatic hydroxyl groups excluding tert-OH is 1. The molecule has 0 aliphatic carbocycles. The van der Waals surface area contributed by atoms with Crippen LogP contribution in [0, 0.1) is 5.82 Å². The van der Waals surface area contributed by atoms with Crippen LogP contribution in [0.2, 0.25) is 0 Å². The van der Waals surface area contributed by atoms with E-state index in [2.05, 4.69) is 21.9 Å². The molecule has 3 aromatic rings. The van der Waals surface area contributed by atoms with Crippen LogP contribution in [0.1, 0.15) is 30.9 Å². The van der Waals surface area contributed by atoms with Gasteiger partial charge >= 0.3 is 6.01 Å². The van der Waals surface area contributed by atoms with Gasteiger partial charge in [0.25, 0.3) is 0 Å². The minimum atomic E-state index is -0.431. The van der Waals surface area contributed by atoms with Crippen molar-refractivity contribution < 1.29 is 14.2 Å². The van der Waals surface area contributed by atoms with Gasteiger partial charge in [0.15, 0.2) is 17.0 Å². The number of halogens is 1. The van der Waals surface area contributed by atoms with Crippen LogP contribution in [0.5, 0.6) is 6.01 Å². The largest absolute Gasteiger partial charge is 0.463 e. The summed E-state index contributed by atoms with van der Waals surface area (Å²) in [6.07, 6.45) is 3.51. The number of fused-ring (bicyclic) bond motifs is 1. The fourth-order valence-corrected chi connectivity index (χ4v) is 2.48. The Morgan fingerprint density at radius 2 is 2.16 bits per heavy atom. The molecule has 3 rings (SSSR count). The molecule has 0 saturated carbocycles. The van der Waals surface area contributed by atoms with Crippen molar-refractivity contribution >= 4 is 17.0 Å². The van der Waals surface area contributed by atoms with Gasteiger partial charge in [-0.3, -0.25) is 0 Å². The molecule has 2 heterocycles. The number of imidazole rings is 1. The topological polar surface area (TPSA) is 99.1 Å². The maximum absolute atomic E-state index is 13.5. The van der Waals surface area contributed by atoms with E-state index in [0.717, 1.165) is 18.4 Å². The van der Waals surface area contributed by atoms with Gasteiger partial charge in [0.1, 0.15) is 5.82 Å². The fourth-order valence-electron chi connectivity index (χ4n) is 2.48. The summed E-state index contributed by atoms with van der Waals surface area (Å²) in [4.78, 5) is 12.8. The van der Waals surface area contributed by atoms with E-state index >= 15 is 0 Å². The third-order valence-corrected chi connectivity index (χ3v) is 3.83. The number of nitrogens with two attached hydrogens (primary N) is 1. The van der Waals surface area contributed by atoms with Gasteiger partial charge in [0, 0.05) is 5.56 Å². The van der Waals surface area contributed by atoms with E-state index in [0.29, 0.717) is 24.3 Å². The average Bonchev–Trinajstić information content (AvgIpc) is 3.00. The highest BCUT2D eigenvalue weighted by atomic mass is 19.1. The molecule has 7 nitrogen and oxygen atoms in total. The highest BCUT2D eigenvalue weighted by Gasteiger charge is 2.13. The number of rotatable bonds is 7. The van der Waals surface area contributed by atoms with Crippen LogP contribution in [0.25, 0.3) is 11.2 Å². The number of benzene rings is 1. The molecule has 0 saturated heterocycles. The van der Waals surface area contributed by atoms with Crippen molar-refractivity contribution in [1.29, 1.82) is 0 Å². The molecule has 0 aliphatic rings. The molecule has 25 heavy (non-hydrogen) atoms. The first-order valence-electron chi connectivity index (χ1n) is 8.11. The molecular weight excluding hydrogens is 325 g/mol. The molecule has 0 fully saturated rings. The highest BCUT2D eigenvalue weighted by Crippen LogP contribution is 2.21. The van der Waals surface area contributed by atoms with Crippen LogP contribution >= 0.6 is 0 Å². The van der Waals surface area contributed by atoms with E-state index in [4.69, 9.17) is 10.5 Å².